The summed E-state index contributed by atoms with van der Waals surface area (Å²) in [7, 11) is 0. The molecule has 1 aliphatic carbocycles. The molecule has 3 rings (SSSR count). The van der Waals surface area contributed by atoms with Crippen LogP contribution in [0.15, 0.2) is 24.3 Å². The third kappa shape index (κ3) is 2.88. The molecule has 130 valence electrons. The van der Waals surface area contributed by atoms with Crippen molar-refractivity contribution in [3.05, 3.63) is 52.6 Å². The predicted octanol–water partition coefficient (Wildman–Crippen LogP) is 3.51. The van der Waals surface area contributed by atoms with Gasteiger partial charge in [-0.05, 0) is 24.1 Å². The number of alkyl halides is 5. The maximum Gasteiger partial charge on any atom is 0.435 e. The molecule has 24 heavy (non-hydrogen) atoms. The van der Waals surface area contributed by atoms with E-state index in [0.717, 1.165) is 4.68 Å². The minimum absolute atomic E-state index is 0.116. The first-order valence-corrected chi connectivity index (χ1v) is 7.06. The number of nitrogens with zero attached hydrogens (tertiary/aromatic N) is 2. The molecule has 0 fully saturated rings. The Morgan fingerprint density at radius 3 is 2.62 bits per heavy atom. The van der Waals surface area contributed by atoms with Gasteiger partial charge in [0.25, 0.3) is 5.92 Å². The van der Waals surface area contributed by atoms with Crippen LogP contribution in [0.4, 0.5) is 26.3 Å². The summed E-state index contributed by atoms with van der Waals surface area (Å²) in [4.78, 5) is 0. The quantitative estimate of drug-likeness (QED) is 0.861. The number of aryl methyl sites for hydroxylation is 2. The molecule has 3 nitrogen and oxygen atoms in total. The van der Waals surface area contributed by atoms with E-state index in [1.807, 2.05) is 0 Å². The zero-order chi connectivity index (χ0) is 17.7. The van der Waals surface area contributed by atoms with Gasteiger partial charge in [0.1, 0.15) is 11.9 Å². The molecular formula is C15H12F6N2O. The largest absolute Gasteiger partial charge is 0.435 e. The minimum Gasteiger partial charge on any atom is -0.382 e. The van der Waals surface area contributed by atoms with E-state index in [0.29, 0.717) is 5.56 Å². The number of aliphatic hydroxyl groups excluding tert-OH is 1. The molecule has 0 bridgehead atoms. The number of rotatable bonds is 3. The Morgan fingerprint density at radius 1 is 1.29 bits per heavy atom. The van der Waals surface area contributed by atoms with Gasteiger partial charge in [-0.2, -0.15) is 18.3 Å². The van der Waals surface area contributed by atoms with Crippen molar-refractivity contribution >= 4 is 0 Å². The smallest absolute Gasteiger partial charge is 0.382 e. The van der Waals surface area contributed by atoms with Crippen LogP contribution in [0, 0.1) is 5.82 Å². The van der Waals surface area contributed by atoms with Crippen LogP contribution in [0.3, 0.4) is 0 Å². The first kappa shape index (κ1) is 16.8. The third-order valence-corrected chi connectivity index (χ3v) is 3.94. The normalized spacial score (nSPS) is 19.5. The molecule has 0 unspecified atom stereocenters. The number of hydrogen-bond acceptors (Lipinski definition) is 2. The molecule has 1 aromatic heterocycles. The molecule has 0 aliphatic heterocycles. The highest BCUT2D eigenvalue weighted by atomic mass is 19.4. The van der Waals surface area contributed by atoms with Crippen molar-refractivity contribution in [1.29, 1.82) is 0 Å². The molecule has 1 atom stereocenters. The summed E-state index contributed by atoms with van der Waals surface area (Å²) in [6.45, 7) is -0.134. The Bertz CT molecular complexity index is 768. The first-order valence-electron chi connectivity index (χ1n) is 7.06. The maximum absolute atomic E-state index is 13.6. The fraction of sp³-hybridized carbons (Fsp3) is 0.400. The molecule has 2 aromatic rings. The number of aliphatic hydroxyl groups is 1. The van der Waals surface area contributed by atoms with E-state index in [4.69, 9.17) is 0 Å². The number of fused-ring (bicyclic) bond motifs is 1. The summed E-state index contributed by atoms with van der Waals surface area (Å²) in [5, 5.41) is 12.9. The standard InChI is InChI=1S/C15H12F6N2O/c16-9-3-1-2-8(6-9)4-5-23-10-7-14(17,18)13(24)11(10)12(22-23)15(19,20)21/h1-3,6,13,24H,4-5,7H2/t13-/m0/s1. The van der Waals surface area contributed by atoms with Gasteiger partial charge in [-0.3, -0.25) is 4.68 Å². The van der Waals surface area contributed by atoms with Gasteiger partial charge in [0, 0.05) is 12.1 Å². The summed E-state index contributed by atoms with van der Waals surface area (Å²) < 4.78 is 80.2. The molecule has 9 heteroatoms. The Hall–Kier alpha value is -2.03. The summed E-state index contributed by atoms with van der Waals surface area (Å²) in [6, 6.07) is 5.43. The van der Waals surface area contributed by atoms with Crippen molar-refractivity contribution in [3.63, 3.8) is 0 Å². The fourth-order valence-corrected chi connectivity index (χ4v) is 2.84. The van der Waals surface area contributed by atoms with E-state index in [1.165, 1.54) is 18.2 Å². The fourth-order valence-electron chi connectivity index (χ4n) is 2.84. The second kappa shape index (κ2) is 5.51. The summed E-state index contributed by atoms with van der Waals surface area (Å²) in [5.41, 5.74) is -2.21. The Morgan fingerprint density at radius 2 is 2.00 bits per heavy atom. The minimum atomic E-state index is -4.95. The zero-order valence-corrected chi connectivity index (χ0v) is 12.1. The van der Waals surface area contributed by atoms with E-state index in [2.05, 4.69) is 5.10 Å². The molecule has 1 aliphatic rings. The van der Waals surface area contributed by atoms with Crippen molar-refractivity contribution in [2.45, 2.75) is 37.6 Å². The SMILES string of the molecule is O[C@H]1c2c(C(F)(F)F)nn(CCc3cccc(F)c3)c2CC1(F)F. The average molecular weight is 350 g/mol. The summed E-state index contributed by atoms with van der Waals surface area (Å²) in [6.07, 6.45) is -8.39. The number of aromatic nitrogens is 2. The van der Waals surface area contributed by atoms with E-state index in [1.54, 1.807) is 6.07 Å². The highest BCUT2D eigenvalue weighted by Crippen LogP contribution is 2.48. The van der Waals surface area contributed by atoms with E-state index < -0.39 is 41.7 Å². The van der Waals surface area contributed by atoms with Crippen molar-refractivity contribution in [3.8, 4) is 0 Å². The Kier molecular flexibility index (Phi) is 3.86. The lowest BCUT2D eigenvalue weighted by Gasteiger charge is -2.15. The van der Waals surface area contributed by atoms with Gasteiger partial charge >= 0.3 is 6.18 Å². The highest BCUT2D eigenvalue weighted by Gasteiger charge is 2.54. The van der Waals surface area contributed by atoms with E-state index >= 15 is 0 Å². The number of halogens is 6. The lowest BCUT2D eigenvalue weighted by atomic mass is 10.1. The maximum atomic E-state index is 13.6. The summed E-state index contributed by atoms with van der Waals surface area (Å²) in [5.74, 6) is -4.18. The van der Waals surface area contributed by atoms with Crippen LogP contribution < -0.4 is 0 Å². The van der Waals surface area contributed by atoms with Crippen molar-refractivity contribution < 1.29 is 31.4 Å². The lowest BCUT2D eigenvalue weighted by Crippen LogP contribution is -2.25. The first-order chi connectivity index (χ1) is 11.1. The number of benzene rings is 1. The van der Waals surface area contributed by atoms with Crippen LogP contribution in [0.1, 0.15) is 28.6 Å². The van der Waals surface area contributed by atoms with Crippen LogP contribution in [-0.2, 0) is 25.6 Å². The van der Waals surface area contributed by atoms with Gasteiger partial charge in [-0.1, -0.05) is 12.1 Å². The summed E-state index contributed by atoms with van der Waals surface area (Å²) >= 11 is 0. The molecule has 0 spiro atoms. The van der Waals surface area contributed by atoms with E-state index in [-0.39, 0.29) is 18.7 Å². The Labute approximate surface area is 132 Å². The van der Waals surface area contributed by atoms with Gasteiger partial charge in [-0.25, -0.2) is 13.2 Å². The average Bonchev–Trinajstić information content (AvgIpc) is 2.92. The molecule has 1 N–H and O–H groups in total. The van der Waals surface area contributed by atoms with Crippen LogP contribution >= 0.6 is 0 Å². The monoisotopic (exact) mass is 350 g/mol. The van der Waals surface area contributed by atoms with Crippen molar-refractivity contribution in [2.75, 3.05) is 0 Å². The van der Waals surface area contributed by atoms with E-state index in [9.17, 15) is 31.4 Å². The predicted molar refractivity (Wildman–Crippen MR) is 70.9 cm³/mol. The van der Waals surface area contributed by atoms with Crippen LogP contribution in [0.5, 0.6) is 0 Å². The lowest BCUT2D eigenvalue weighted by molar-refractivity contribution is -0.146. The van der Waals surface area contributed by atoms with Crippen LogP contribution in [0.25, 0.3) is 0 Å². The molecule has 0 radical (unpaired) electrons. The third-order valence-electron chi connectivity index (χ3n) is 3.94. The molecule has 0 saturated heterocycles. The second-order valence-corrected chi connectivity index (χ2v) is 5.65. The van der Waals surface area contributed by atoms with Crippen LogP contribution in [-0.4, -0.2) is 20.8 Å². The number of hydrogen-bond donors (Lipinski definition) is 1. The second-order valence-electron chi connectivity index (χ2n) is 5.65. The highest BCUT2D eigenvalue weighted by molar-refractivity contribution is 5.38. The van der Waals surface area contributed by atoms with Gasteiger partial charge in [0.2, 0.25) is 0 Å². The van der Waals surface area contributed by atoms with Crippen LogP contribution in [0.2, 0.25) is 0 Å². The topological polar surface area (TPSA) is 38.1 Å². The van der Waals surface area contributed by atoms with Gasteiger partial charge < -0.3 is 5.11 Å². The van der Waals surface area contributed by atoms with Crippen molar-refractivity contribution in [2.24, 2.45) is 0 Å². The van der Waals surface area contributed by atoms with Gasteiger partial charge in [0.15, 0.2) is 5.69 Å². The van der Waals surface area contributed by atoms with Crippen molar-refractivity contribution in [1.82, 2.24) is 9.78 Å². The molecule has 0 amide bonds. The molecule has 1 aromatic carbocycles. The Balaban J connectivity index is 1.94. The molecular weight excluding hydrogens is 338 g/mol. The zero-order valence-electron chi connectivity index (χ0n) is 12.1. The molecule has 0 saturated carbocycles. The molecule has 1 heterocycles. The van der Waals surface area contributed by atoms with Gasteiger partial charge in [-0.15, -0.1) is 0 Å². The van der Waals surface area contributed by atoms with Gasteiger partial charge in [0.05, 0.1) is 12.1 Å².